The van der Waals surface area contributed by atoms with Crippen LogP contribution in [0.1, 0.15) is 36.3 Å². The number of ether oxygens (including phenoxy) is 2. The second-order valence-corrected chi connectivity index (χ2v) is 7.47. The molecule has 0 saturated carbocycles. The Morgan fingerprint density at radius 1 is 1.34 bits per heavy atom. The lowest BCUT2D eigenvalue weighted by Gasteiger charge is -2.23. The van der Waals surface area contributed by atoms with Gasteiger partial charge in [-0.2, -0.15) is 0 Å². The third-order valence-corrected chi connectivity index (χ3v) is 5.47. The number of carbonyl (C=O) groups excluding carboxylic acids is 1. The maximum atomic E-state index is 11.1. The predicted octanol–water partition coefficient (Wildman–Crippen LogP) is 3.91. The molecule has 2 aromatic rings. The standard InChI is InChI=1S/C20H23IN4O4/c1-13-22-16-7-4-3-6-15(16)20(23-13)25(21)14-9-10-17(28-2)18(12-14)29-11-5-8-19(26)24-27/h4,7,9-10,12,27H,3,5-6,8,11H2,1-2H3,(H,24,26). The molecule has 0 aliphatic heterocycles. The van der Waals surface area contributed by atoms with Crippen LogP contribution >= 0.6 is 22.9 Å². The van der Waals surface area contributed by atoms with E-state index in [1.54, 1.807) is 12.6 Å². The fraction of sp³-hybridized carbons (Fsp3) is 0.350. The maximum Gasteiger partial charge on any atom is 0.243 e. The number of hydrogen-bond donors (Lipinski definition) is 2. The number of hydrogen-bond acceptors (Lipinski definition) is 7. The molecule has 8 nitrogen and oxygen atoms in total. The Hall–Kier alpha value is -2.40. The minimum Gasteiger partial charge on any atom is -0.493 e. The van der Waals surface area contributed by atoms with Crippen LogP contribution in [0.5, 0.6) is 11.5 Å². The molecule has 29 heavy (non-hydrogen) atoms. The van der Waals surface area contributed by atoms with Gasteiger partial charge < -0.3 is 9.47 Å². The molecular weight excluding hydrogens is 487 g/mol. The van der Waals surface area contributed by atoms with Crippen molar-refractivity contribution in [2.45, 2.75) is 32.6 Å². The van der Waals surface area contributed by atoms with Gasteiger partial charge in [-0.3, -0.25) is 13.1 Å². The zero-order chi connectivity index (χ0) is 20.8. The van der Waals surface area contributed by atoms with Crippen molar-refractivity contribution in [3.05, 3.63) is 41.4 Å². The van der Waals surface area contributed by atoms with Crippen LogP contribution in [-0.2, 0) is 11.2 Å². The lowest BCUT2D eigenvalue weighted by Crippen LogP contribution is -2.18. The summed E-state index contributed by atoms with van der Waals surface area (Å²) in [7, 11) is 1.58. The van der Waals surface area contributed by atoms with Gasteiger partial charge in [0.05, 0.1) is 48.0 Å². The molecule has 1 heterocycles. The van der Waals surface area contributed by atoms with Gasteiger partial charge in [0.25, 0.3) is 0 Å². The number of anilines is 2. The topological polar surface area (TPSA) is 96.8 Å². The Balaban J connectivity index is 1.83. The number of amides is 1. The highest BCUT2D eigenvalue weighted by Gasteiger charge is 2.20. The summed E-state index contributed by atoms with van der Waals surface area (Å²) >= 11 is 2.24. The Kier molecular flexibility index (Phi) is 7.26. The van der Waals surface area contributed by atoms with Crippen molar-refractivity contribution >= 4 is 46.4 Å². The monoisotopic (exact) mass is 510 g/mol. The van der Waals surface area contributed by atoms with Crippen molar-refractivity contribution in [1.29, 1.82) is 0 Å². The molecule has 1 aliphatic carbocycles. The normalized spacial score (nSPS) is 12.3. The van der Waals surface area contributed by atoms with E-state index in [1.807, 2.05) is 34.3 Å². The summed E-state index contributed by atoms with van der Waals surface area (Å²) < 4.78 is 13.2. The molecule has 154 valence electrons. The third-order valence-electron chi connectivity index (χ3n) is 4.46. The summed E-state index contributed by atoms with van der Waals surface area (Å²) in [6.07, 6.45) is 6.69. The van der Waals surface area contributed by atoms with E-state index in [0.29, 0.717) is 24.5 Å². The average Bonchev–Trinajstić information content (AvgIpc) is 2.75. The van der Waals surface area contributed by atoms with E-state index < -0.39 is 5.91 Å². The first-order chi connectivity index (χ1) is 14.0. The molecule has 0 fully saturated rings. The quantitative estimate of drug-likeness (QED) is 0.183. The number of hydroxylamine groups is 1. The molecule has 1 aliphatic rings. The van der Waals surface area contributed by atoms with Crippen molar-refractivity contribution in [2.75, 3.05) is 16.8 Å². The van der Waals surface area contributed by atoms with E-state index in [2.05, 4.69) is 38.9 Å². The van der Waals surface area contributed by atoms with Crippen LogP contribution in [-0.4, -0.2) is 34.8 Å². The third kappa shape index (κ3) is 5.15. The summed E-state index contributed by atoms with van der Waals surface area (Å²) in [6, 6.07) is 5.68. The molecule has 0 radical (unpaired) electrons. The highest BCUT2D eigenvalue weighted by molar-refractivity contribution is 14.1. The van der Waals surface area contributed by atoms with Crippen LogP contribution in [0.2, 0.25) is 0 Å². The van der Waals surface area contributed by atoms with Crippen molar-refractivity contribution in [3.63, 3.8) is 0 Å². The first-order valence-electron chi connectivity index (χ1n) is 9.27. The second kappa shape index (κ2) is 9.88. The Morgan fingerprint density at radius 3 is 2.93 bits per heavy atom. The molecule has 0 unspecified atom stereocenters. The smallest absolute Gasteiger partial charge is 0.243 e. The lowest BCUT2D eigenvalue weighted by molar-refractivity contribution is -0.129. The lowest BCUT2D eigenvalue weighted by atomic mass is 10.0. The zero-order valence-corrected chi connectivity index (χ0v) is 18.5. The van der Waals surface area contributed by atoms with Crippen LogP contribution in [0.4, 0.5) is 11.5 Å². The number of carbonyl (C=O) groups is 1. The van der Waals surface area contributed by atoms with Crippen molar-refractivity contribution < 1.29 is 19.5 Å². The minimum atomic E-state index is -0.439. The van der Waals surface area contributed by atoms with Crippen LogP contribution < -0.4 is 18.1 Å². The van der Waals surface area contributed by atoms with Crippen LogP contribution in [0.3, 0.4) is 0 Å². The summed E-state index contributed by atoms with van der Waals surface area (Å²) in [4.78, 5) is 20.3. The number of halogens is 1. The van der Waals surface area contributed by atoms with Crippen LogP contribution in [0.15, 0.2) is 24.3 Å². The van der Waals surface area contributed by atoms with Crippen LogP contribution in [0, 0.1) is 6.92 Å². The molecule has 3 rings (SSSR count). The van der Waals surface area contributed by atoms with Gasteiger partial charge in [0.15, 0.2) is 11.5 Å². The number of rotatable bonds is 8. The first kappa shape index (κ1) is 21.3. The Bertz CT molecular complexity index is 920. The van der Waals surface area contributed by atoms with Gasteiger partial charge in [0, 0.05) is 18.1 Å². The van der Waals surface area contributed by atoms with E-state index >= 15 is 0 Å². The summed E-state index contributed by atoms with van der Waals surface area (Å²) in [5, 5.41) is 8.56. The average molecular weight is 510 g/mol. The molecule has 0 bridgehead atoms. The first-order valence-corrected chi connectivity index (χ1v) is 10.2. The van der Waals surface area contributed by atoms with Crippen molar-refractivity contribution in [3.8, 4) is 11.5 Å². The van der Waals surface area contributed by atoms with Gasteiger partial charge in [-0.1, -0.05) is 6.08 Å². The van der Waals surface area contributed by atoms with E-state index in [9.17, 15) is 4.79 Å². The van der Waals surface area contributed by atoms with E-state index in [4.69, 9.17) is 14.7 Å². The molecular formula is C20H23IN4O4. The number of benzene rings is 1. The number of fused-ring (bicyclic) bond motifs is 1. The zero-order valence-electron chi connectivity index (χ0n) is 16.3. The number of nitrogens with zero attached hydrogens (tertiary/aromatic N) is 3. The summed E-state index contributed by atoms with van der Waals surface area (Å²) in [5.74, 6) is 2.34. The second-order valence-electron chi connectivity index (χ2n) is 6.50. The predicted molar refractivity (Wildman–Crippen MR) is 118 cm³/mol. The molecule has 0 spiro atoms. The van der Waals surface area contributed by atoms with E-state index in [1.165, 1.54) is 0 Å². The molecule has 1 amide bonds. The largest absolute Gasteiger partial charge is 0.493 e. The van der Waals surface area contributed by atoms with E-state index in [-0.39, 0.29) is 6.42 Å². The number of aromatic nitrogens is 2. The van der Waals surface area contributed by atoms with Crippen molar-refractivity contribution in [1.82, 2.24) is 15.4 Å². The Labute approximate surface area is 183 Å². The Morgan fingerprint density at radius 2 is 2.17 bits per heavy atom. The minimum absolute atomic E-state index is 0.177. The maximum absolute atomic E-state index is 11.1. The summed E-state index contributed by atoms with van der Waals surface area (Å²) in [5.41, 5.74) is 4.60. The molecule has 1 aromatic heterocycles. The molecule has 1 aromatic carbocycles. The van der Waals surface area contributed by atoms with Gasteiger partial charge in [0.1, 0.15) is 11.6 Å². The fourth-order valence-corrected chi connectivity index (χ4v) is 3.76. The fourth-order valence-electron chi connectivity index (χ4n) is 3.06. The van der Waals surface area contributed by atoms with E-state index in [0.717, 1.165) is 41.4 Å². The van der Waals surface area contributed by atoms with Crippen LogP contribution in [0.25, 0.3) is 6.08 Å². The highest BCUT2D eigenvalue weighted by Crippen LogP contribution is 2.38. The summed E-state index contributed by atoms with van der Waals surface area (Å²) in [6.45, 7) is 2.21. The molecule has 9 heteroatoms. The number of methoxy groups -OCH3 is 1. The van der Waals surface area contributed by atoms with Gasteiger partial charge in [-0.15, -0.1) is 0 Å². The highest BCUT2D eigenvalue weighted by atomic mass is 127. The SMILES string of the molecule is COc1ccc(N(I)c2nc(C)nc3c2CCC=C3)cc1OCCCC(=O)NO. The van der Waals surface area contributed by atoms with Gasteiger partial charge in [-0.05, 0) is 44.4 Å². The number of allylic oxidation sites excluding steroid dienone is 1. The number of nitrogens with one attached hydrogen (secondary N) is 1. The van der Waals surface area contributed by atoms with Crippen molar-refractivity contribution in [2.24, 2.45) is 0 Å². The van der Waals surface area contributed by atoms with Gasteiger partial charge >= 0.3 is 0 Å². The van der Waals surface area contributed by atoms with Gasteiger partial charge in [-0.25, -0.2) is 15.4 Å². The number of aryl methyl sites for hydroxylation is 1. The molecule has 2 N–H and O–H groups in total. The molecule has 0 saturated heterocycles. The van der Waals surface area contributed by atoms with Gasteiger partial charge in [0.2, 0.25) is 5.91 Å². The molecule has 0 atom stereocenters.